The summed E-state index contributed by atoms with van der Waals surface area (Å²) in [5.41, 5.74) is 22.6. The van der Waals surface area contributed by atoms with E-state index in [0.29, 0.717) is 110 Å². The van der Waals surface area contributed by atoms with Crippen molar-refractivity contribution in [1.82, 2.24) is 90.2 Å². The van der Waals surface area contributed by atoms with Crippen LogP contribution in [0.2, 0.25) is 0 Å². The molecule has 0 atom stereocenters. The first-order valence-electron chi connectivity index (χ1n) is 37.8. The molecule has 1 aliphatic heterocycles. The zero-order valence-corrected chi connectivity index (χ0v) is 63.1. The zero-order valence-electron chi connectivity index (χ0n) is 62.2. The summed E-state index contributed by atoms with van der Waals surface area (Å²) in [4.78, 5) is 73.6. The number of carbonyl (C=O) groups is 2. The number of nitrogens with two attached hydrogens (primary N) is 3. The van der Waals surface area contributed by atoms with Gasteiger partial charge in [-0.3, -0.25) is 42.9 Å². The van der Waals surface area contributed by atoms with Gasteiger partial charge in [0.05, 0.1) is 34.3 Å². The molecule has 0 unspecified atom stereocenters. The third kappa shape index (κ3) is 18.1. The van der Waals surface area contributed by atoms with Crippen LogP contribution in [0.25, 0.3) is 66.5 Å². The Kier molecular flexibility index (Phi) is 24.0. The van der Waals surface area contributed by atoms with E-state index < -0.39 is 15.8 Å². The van der Waals surface area contributed by atoms with Gasteiger partial charge in [0.15, 0.2) is 29.0 Å². The lowest BCUT2D eigenvalue weighted by molar-refractivity contribution is -0.118. The highest BCUT2D eigenvalue weighted by molar-refractivity contribution is 7.92. The van der Waals surface area contributed by atoms with Gasteiger partial charge in [0.1, 0.15) is 50.9 Å². The van der Waals surface area contributed by atoms with Gasteiger partial charge >= 0.3 is 0 Å². The summed E-state index contributed by atoms with van der Waals surface area (Å²) in [7, 11) is -3.51. The van der Waals surface area contributed by atoms with Gasteiger partial charge in [-0.25, -0.2) is 42.8 Å². The minimum Gasteiger partial charge on any atom is -0.454 e. The predicted molar refractivity (Wildman–Crippen MR) is 431 cm³/mol. The van der Waals surface area contributed by atoms with Crippen molar-refractivity contribution in [2.75, 3.05) is 36.8 Å². The van der Waals surface area contributed by atoms with Crippen LogP contribution in [0.4, 0.5) is 21.8 Å². The van der Waals surface area contributed by atoms with Gasteiger partial charge < -0.3 is 42.0 Å². The summed E-state index contributed by atoms with van der Waals surface area (Å²) in [5, 5.41) is 42.4. The number of para-hydroxylation sites is 1. The SMILES string of the molecule is C=CC(=O)NC1CCC(n2nc(-c3ccc(Oc4ccccc4F)cc3)c3c(N)n[nH]c(=O)c32)CC1.C=CS(=O)(=O)NC1CCC(n2nc(-c3ccc(Oc4ccccn4)cc3)c3c(N)n[nH]c(=O)c32)CC1.Nc1n[nH]c(=O)c2c1c(-c1ccc(Oc3ccccn3)cc1)nn2C1CCC(NC(=O)/C=C/CN2CCCCC2)CC1. The molecule has 12 aromatic rings. The van der Waals surface area contributed by atoms with Crippen LogP contribution in [0, 0.1) is 5.82 Å². The molecule has 33 heteroatoms. The summed E-state index contributed by atoms with van der Waals surface area (Å²) in [6, 6.07) is 38.6. The number of nitrogens with one attached hydrogen (secondary N) is 6. The molecular formula is C81H86FN21O10S. The molecule has 114 heavy (non-hydrogen) atoms. The Morgan fingerprint density at radius 3 is 1.27 bits per heavy atom. The molecule has 0 spiro atoms. The first kappa shape index (κ1) is 77.7. The van der Waals surface area contributed by atoms with Crippen LogP contribution in [0.1, 0.15) is 114 Å². The summed E-state index contributed by atoms with van der Waals surface area (Å²) in [5.74, 6) is 2.66. The number of halogens is 1. The average molecular weight is 1560 g/mol. The third-order valence-electron chi connectivity index (χ3n) is 20.8. The van der Waals surface area contributed by atoms with E-state index in [1.54, 1.807) is 99.2 Å². The number of fused-ring (bicyclic) bond motifs is 3. The minimum atomic E-state index is -3.51. The average Bonchev–Trinajstić information content (AvgIpc) is 1.60. The molecule has 4 fully saturated rings. The highest BCUT2D eigenvalue weighted by Gasteiger charge is 2.33. The topological polar surface area (TPSA) is 430 Å². The smallest absolute Gasteiger partial charge is 0.290 e. The van der Waals surface area contributed by atoms with Crippen LogP contribution in [0.3, 0.4) is 0 Å². The standard InChI is InChI=1S/C31H36N8O3.C26H25FN6O3.C24H25N7O4S/c32-30-27-28(21-9-15-24(16-10-21)42-26-8-2-3-17-33-26)37-39(29(27)31(41)36-35-30)23-13-11-22(12-14-23)34-25(40)7-6-20-38-18-4-1-5-19-38;1-2-21(34)29-16-9-11-17(12-10-16)33-24-22(25(28)30-31-26(24)35)23(32-33)15-7-13-18(14-8-15)36-20-6-4-3-5-19(20)27;1-2-36(33,34)30-16-8-10-17(11-9-16)31-22-20(23(25)27-28-24(22)32)21(29-31)15-6-12-18(13-7-15)35-19-5-3-4-14-26-19/h2-3,6-10,15-17,22-23H,1,4-5,11-14,18-20H2,(H2,32,35)(H,34,40)(H,36,41);2-8,13-14,16-17H,1,9-12H2,(H2,28,30)(H,29,34)(H,31,35);2-7,12-14,16-17,30H,1,8-11H2,(H2,25,27)(H,28,32)/b7-6+;;. The lowest BCUT2D eigenvalue weighted by Gasteiger charge is -2.29. The number of aromatic amines is 3. The van der Waals surface area contributed by atoms with E-state index in [9.17, 15) is 36.8 Å². The number of aromatic nitrogens is 14. The fraction of sp³-hybridized carbons (Fsp3) is 0.296. The third-order valence-corrected chi connectivity index (χ3v) is 21.9. The number of nitrogen functional groups attached to an aromatic ring is 3. The van der Waals surface area contributed by atoms with Gasteiger partial charge in [0.2, 0.25) is 33.6 Å². The van der Waals surface area contributed by atoms with E-state index in [-0.39, 0.29) is 87.9 Å². The number of piperidine rings is 1. The summed E-state index contributed by atoms with van der Waals surface area (Å²) >= 11 is 0. The number of ether oxygens (including phenoxy) is 3. The van der Waals surface area contributed by atoms with Gasteiger partial charge in [-0.05, 0) is 206 Å². The number of hydrogen-bond donors (Lipinski definition) is 9. The van der Waals surface area contributed by atoms with Crippen molar-refractivity contribution in [3.8, 4) is 68.5 Å². The van der Waals surface area contributed by atoms with Crippen LogP contribution >= 0.6 is 0 Å². The van der Waals surface area contributed by atoms with Crippen molar-refractivity contribution in [3.63, 3.8) is 0 Å². The number of benzene rings is 4. The van der Waals surface area contributed by atoms with Crippen LogP contribution in [0.5, 0.6) is 34.8 Å². The fourth-order valence-electron chi connectivity index (χ4n) is 15.1. The molecule has 8 aromatic heterocycles. The van der Waals surface area contributed by atoms with Gasteiger partial charge in [-0.15, -0.1) is 0 Å². The van der Waals surface area contributed by atoms with Crippen LogP contribution in [0.15, 0.2) is 197 Å². The predicted octanol–water partition coefficient (Wildman–Crippen LogP) is 11.4. The Bertz CT molecular complexity index is 5770. The minimum absolute atomic E-state index is 0.00120. The van der Waals surface area contributed by atoms with Crippen LogP contribution < -0.4 is 63.4 Å². The Balaban J connectivity index is 0.000000142. The number of hydrogen-bond acceptors (Lipinski definition) is 22. The Morgan fingerprint density at radius 2 is 0.886 bits per heavy atom. The van der Waals surface area contributed by atoms with Crippen molar-refractivity contribution in [2.45, 2.75) is 133 Å². The Hall–Kier alpha value is -13.0. The number of anilines is 3. The van der Waals surface area contributed by atoms with E-state index in [1.807, 2.05) is 66.7 Å². The molecule has 0 radical (unpaired) electrons. The van der Waals surface area contributed by atoms with Gasteiger partial charge in [0.25, 0.3) is 16.7 Å². The normalized spacial score (nSPS) is 18.6. The van der Waals surface area contributed by atoms with Gasteiger partial charge in [0, 0.05) is 77.4 Å². The van der Waals surface area contributed by atoms with E-state index in [0.717, 1.165) is 87.5 Å². The number of amides is 2. The zero-order chi connectivity index (χ0) is 79.4. The lowest BCUT2D eigenvalue weighted by Crippen LogP contribution is -2.37. The highest BCUT2D eigenvalue weighted by Crippen LogP contribution is 2.41. The molecule has 588 valence electrons. The summed E-state index contributed by atoms with van der Waals surface area (Å²) in [6.45, 7) is 9.87. The number of nitrogens with zero attached hydrogens (tertiary/aromatic N) is 12. The molecule has 4 aliphatic rings. The van der Waals surface area contributed by atoms with Gasteiger partial charge in [-0.1, -0.05) is 49.9 Å². The first-order valence-corrected chi connectivity index (χ1v) is 39.4. The maximum Gasteiger partial charge on any atom is 0.290 e. The summed E-state index contributed by atoms with van der Waals surface area (Å²) in [6.07, 6.45) is 20.6. The number of rotatable bonds is 21. The second kappa shape index (κ2) is 35.1. The molecule has 12 N–H and O–H groups in total. The number of H-pyrrole nitrogens is 3. The lowest BCUT2D eigenvalue weighted by atomic mass is 9.91. The maximum atomic E-state index is 13.9. The van der Waals surface area contributed by atoms with Crippen LogP contribution in [-0.2, 0) is 19.6 Å². The van der Waals surface area contributed by atoms with Crippen LogP contribution in [-0.4, -0.2) is 133 Å². The highest BCUT2D eigenvalue weighted by atomic mass is 32.2. The number of pyridine rings is 2. The van der Waals surface area contributed by atoms with E-state index in [2.05, 4.69) is 74.0 Å². The van der Waals surface area contributed by atoms with Gasteiger partial charge in [-0.2, -0.15) is 30.6 Å². The van der Waals surface area contributed by atoms with E-state index in [4.69, 9.17) is 46.7 Å². The van der Waals surface area contributed by atoms with Crippen molar-refractivity contribution < 1.29 is 36.6 Å². The number of carbonyl (C=O) groups excluding carboxylic acids is 2. The van der Waals surface area contributed by atoms with Crippen molar-refractivity contribution in [3.05, 3.63) is 220 Å². The number of sulfonamides is 1. The van der Waals surface area contributed by atoms with Crippen molar-refractivity contribution in [1.29, 1.82) is 0 Å². The largest absolute Gasteiger partial charge is 0.454 e. The Morgan fingerprint density at radius 1 is 0.500 bits per heavy atom. The second-order valence-corrected chi connectivity index (χ2v) is 30.0. The molecule has 3 aliphatic carbocycles. The molecule has 16 rings (SSSR count). The molecule has 31 nitrogen and oxygen atoms in total. The molecule has 3 saturated carbocycles. The van der Waals surface area contributed by atoms with E-state index in [1.165, 1.54) is 31.4 Å². The fourth-order valence-corrected chi connectivity index (χ4v) is 15.9. The monoisotopic (exact) mass is 1560 g/mol. The van der Waals surface area contributed by atoms with Crippen molar-refractivity contribution >= 4 is 72.0 Å². The molecule has 1 saturated heterocycles. The second-order valence-electron chi connectivity index (χ2n) is 28.3. The maximum absolute atomic E-state index is 13.9. The molecule has 0 bridgehead atoms. The molecule has 9 heterocycles. The molecule has 4 aromatic carbocycles. The molecule has 2 amide bonds. The van der Waals surface area contributed by atoms with Crippen molar-refractivity contribution in [2.24, 2.45) is 0 Å². The van der Waals surface area contributed by atoms with E-state index >= 15 is 0 Å². The number of likely N-dealkylation sites (tertiary alicyclic amines) is 1. The Labute approximate surface area is 653 Å². The summed E-state index contributed by atoms with van der Waals surface area (Å²) < 4.78 is 62.7. The first-order chi connectivity index (χ1) is 55.3. The molecular weight excluding hydrogens is 1480 g/mol. The quantitative estimate of drug-likeness (QED) is 0.0302.